The van der Waals surface area contributed by atoms with Crippen LogP contribution in [-0.2, 0) is 23.7 Å². The van der Waals surface area contributed by atoms with E-state index in [-0.39, 0.29) is 13.2 Å². The summed E-state index contributed by atoms with van der Waals surface area (Å²) >= 11 is 0. The van der Waals surface area contributed by atoms with E-state index in [2.05, 4.69) is 10.0 Å². The van der Waals surface area contributed by atoms with Crippen LogP contribution in [0.4, 0.5) is 0 Å². The van der Waals surface area contributed by atoms with Gasteiger partial charge in [-0.25, -0.2) is 4.79 Å². The van der Waals surface area contributed by atoms with Crippen LogP contribution in [0.1, 0.15) is 0 Å². The van der Waals surface area contributed by atoms with Crippen molar-refractivity contribution in [3.05, 3.63) is 10.4 Å². The quantitative estimate of drug-likeness (QED) is 0.108. The lowest BCUT2D eigenvalue weighted by atomic mass is 9.98. The molecule has 0 aromatic heterocycles. The van der Waals surface area contributed by atoms with Crippen LogP contribution in [0.5, 0.6) is 0 Å². The van der Waals surface area contributed by atoms with Crippen molar-refractivity contribution in [2.45, 2.75) is 55.3 Å². The van der Waals surface area contributed by atoms with Gasteiger partial charge in [0.25, 0.3) is 0 Å². The van der Waals surface area contributed by atoms with Crippen LogP contribution >= 0.6 is 0 Å². The molecular formula is C13H21N3O11. The summed E-state index contributed by atoms with van der Waals surface area (Å²) in [5.74, 6) is -1.56. The van der Waals surface area contributed by atoms with E-state index in [0.29, 0.717) is 0 Å². The molecule has 0 bridgehead atoms. The Balaban J connectivity index is 2.10. The number of azide groups is 1. The van der Waals surface area contributed by atoms with E-state index in [4.69, 9.17) is 24.5 Å². The molecule has 0 aromatic carbocycles. The number of hydrogen-bond donors (Lipinski definition) is 6. The van der Waals surface area contributed by atoms with Crippen molar-refractivity contribution in [3.8, 4) is 0 Å². The topological polar surface area (TPSA) is 224 Å². The van der Waals surface area contributed by atoms with Gasteiger partial charge in [-0.3, -0.25) is 0 Å². The van der Waals surface area contributed by atoms with Crippen molar-refractivity contribution >= 4 is 5.97 Å². The van der Waals surface area contributed by atoms with Crippen molar-refractivity contribution in [2.24, 2.45) is 5.11 Å². The lowest BCUT2D eigenvalue weighted by Crippen LogP contribution is -2.64. The molecule has 27 heavy (non-hydrogen) atoms. The van der Waals surface area contributed by atoms with E-state index in [0.717, 1.165) is 0 Å². The minimum atomic E-state index is -1.87. The first-order chi connectivity index (χ1) is 12.8. The van der Waals surface area contributed by atoms with Gasteiger partial charge < -0.3 is 49.6 Å². The number of rotatable bonds is 7. The average Bonchev–Trinajstić information content (AvgIpc) is 2.63. The number of ether oxygens (including phenoxy) is 4. The Hall–Kier alpha value is -1.58. The Bertz CT molecular complexity index is 560. The fraction of sp³-hybridized carbons (Fsp3) is 0.923. The number of nitrogens with zero attached hydrogens (tertiary/aromatic N) is 3. The number of carboxylic acid groups (broad SMARTS) is 1. The second-order valence-corrected chi connectivity index (χ2v) is 5.92. The largest absolute Gasteiger partial charge is 0.479 e. The van der Waals surface area contributed by atoms with Gasteiger partial charge in [-0.2, -0.15) is 0 Å². The summed E-state index contributed by atoms with van der Waals surface area (Å²) in [5, 5.41) is 61.9. The predicted octanol–water partition coefficient (Wildman–Crippen LogP) is -3.33. The zero-order valence-electron chi connectivity index (χ0n) is 13.9. The summed E-state index contributed by atoms with van der Waals surface area (Å²) in [5.41, 5.74) is 8.21. The summed E-state index contributed by atoms with van der Waals surface area (Å²) in [6.45, 7) is -0.732. The smallest absolute Gasteiger partial charge is 0.335 e. The highest BCUT2D eigenvalue weighted by molar-refractivity contribution is 5.73. The first kappa shape index (κ1) is 21.7. The van der Waals surface area contributed by atoms with Gasteiger partial charge in [0, 0.05) is 11.5 Å². The molecule has 2 heterocycles. The molecule has 2 rings (SSSR count). The van der Waals surface area contributed by atoms with E-state index in [1.54, 1.807) is 0 Å². The highest BCUT2D eigenvalue weighted by Gasteiger charge is 2.51. The van der Waals surface area contributed by atoms with Crippen molar-refractivity contribution in [1.29, 1.82) is 0 Å². The first-order valence-corrected chi connectivity index (χ1v) is 7.96. The third-order valence-corrected chi connectivity index (χ3v) is 4.07. The van der Waals surface area contributed by atoms with Gasteiger partial charge in [0.1, 0.15) is 36.6 Å². The van der Waals surface area contributed by atoms with Gasteiger partial charge in [0.2, 0.25) is 0 Å². The van der Waals surface area contributed by atoms with E-state index >= 15 is 0 Å². The number of carbonyl (C=O) groups is 1. The molecule has 2 fully saturated rings. The normalized spacial score (nSPS) is 42.3. The van der Waals surface area contributed by atoms with E-state index in [1.165, 1.54) is 0 Å². The highest BCUT2D eigenvalue weighted by atomic mass is 16.7. The maximum atomic E-state index is 11.3. The molecule has 2 saturated heterocycles. The zero-order chi connectivity index (χ0) is 20.1. The molecule has 0 saturated carbocycles. The molecule has 4 unspecified atom stereocenters. The highest BCUT2D eigenvalue weighted by Crippen LogP contribution is 2.28. The molecule has 2 aliphatic heterocycles. The fourth-order valence-corrected chi connectivity index (χ4v) is 2.65. The molecular weight excluding hydrogens is 374 g/mol. The van der Waals surface area contributed by atoms with E-state index in [1.807, 2.05) is 0 Å². The Kier molecular flexibility index (Phi) is 7.69. The standard InChI is InChI=1S/C13H21N3O11/c14-16-15-1-2-24-13-8(21)9(7(20)10(27-13)11(22)23)26-12-6(19)5(18)4(17)3-25-12/h4-10,12-13,17-21H,1-3H2,(H,22,23)/t4-,5?,6?,7+,8+,9?,10?,12-,13-/m1/s1. The molecule has 0 aromatic rings. The lowest BCUT2D eigenvalue weighted by Gasteiger charge is -2.43. The molecule has 14 heteroatoms. The molecule has 0 spiro atoms. The molecule has 0 amide bonds. The molecule has 154 valence electrons. The Morgan fingerprint density at radius 2 is 1.81 bits per heavy atom. The lowest BCUT2D eigenvalue weighted by molar-refractivity contribution is -0.344. The van der Waals surface area contributed by atoms with Crippen molar-refractivity contribution in [3.63, 3.8) is 0 Å². The van der Waals surface area contributed by atoms with Crippen molar-refractivity contribution in [1.82, 2.24) is 0 Å². The van der Waals surface area contributed by atoms with Crippen LogP contribution in [0, 0.1) is 0 Å². The molecule has 0 aliphatic carbocycles. The van der Waals surface area contributed by atoms with E-state index < -0.39 is 67.9 Å². The molecule has 6 N–H and O–H groups in total. The third kappa shape index (κ3) is 5.03. The number of aliphatic hydroxyl groups excluding tert-OH is 5. The summed E-state index contributed by atoms with van der Waals surface area (Å²) in [6, 6.07) is 0. The maximum absolute atomic E-state index is 11.3. The minimum absolute atomic E-state index is 0.122. The summed E-state index contributed by atoms with van der Waals surface area (Å²) in [6.07, 6.45) is -14.8. The second kappa shape index (κ2) is 9.57. The van der Waals surface area contributed by atoms with Crippen LogP contribution in [0.25, 0.3) is 10.4 Å². The predicted molar refractivity (Wildman–Crippen MR) is 80.9 cm³/mol. The average molecular weight is 395 g/mol. The molecule has 9 atom stereocenters. The SMILES string of the molecule is [N-]=[N+]=NCCO[C@@H]1OC(C(=O)O)[C@@H](O)C(O[C@H]2OC[C@@H](O)C(O)C2O)[C@@H]1O. The monoisotopic (exact) mass is 395 g/mol. The number of aliphatic hydroxyl groups is 5. The van der Waals surface area contributed by atoms with Crippen LogP contribution in [0.2, 0.25) is 0 Å². The summed E-state index contributed by atoms with van der Waals surface area (Å²) in [7, 11) is 0. The Labute approximate surface area is 152 Å². The maximum Gasteiger partial charge on any atom is 0.335 e. The Morgan fingerprint density at radius 1 is 1.11 bits per heavy atom. The number of aliphatic carboxylic acids is 1. The molecule has 14 nitrogen and oxygen atoms in total. The van der Waals surface area contributed by atoms with Gasteiger partial charge >= 0.3 is 5.97 Å². The zero-order valence-corrected chi connectivity index (χ0v) is 13.9. The number of carboxylic acids is 1. The van der Waals surface area contributed by atoms with E-state index in [9.17, 15) is 35.4 Å². The van der Waals surface area contributed by atoms with Gasteiger partial charge in [-0.05, 0) is 5.53 Å². The second-order valence-electron chi connectivity index (χ2n) is 5.92. The number of hydrogen-bond acceptors (Lipinski definition) is 11. The van der Waals surface area contributed by atoms with Crippen LogP contribution in [-0.4, -0.2) is 112 Å². The third-order valence-electron chi connectivity index (χ3n) is 4.07. The summed E-state index contributed by atoms with van der Waals surface area (Å²) in [4.78, 5) is 13.8. The first-order valence-electron chi connectivity index (χ1n) is 7.96. The minimum Gasteiger partial charge on any atom is -0.479 e. The van der Waals surface area contributed by atoms with Gasteiger partial charge in [0.05, 0.1) is 13.2 Å². The van der Waals surface area contributed by atoms with Crippen LogP contribution < -0.4 is 0 Å². The van der Waals surface area contributed by atoms with Gasteiger partial charge in [-0.1, -0.05) is 5.11 Å². The van der Waals surface area contributed by atoms with Crippen LogP contribution in [0.3, 0.4) is 0 Å². The molecule has 2 aliphatic rings. The van der Waals surface area contributed by atoms with Crippen molar-refractivity contribution in [2.75, 3.05) is 19.8 Å². The van der Waals surface area contributed by atoms with Crippen molar-refractivity contribution < 1.29 is 54.4 Å². The summed E-state index contributed by atoms with van der Waals surface area (Å²) < 4.78 is 20.4. The fourth-order valence-electron chi connectivity index (χ4n) is 2.65. The van der Waals surface area contributed by atoms with Gasteiger partial charge in [-0.15, -0.1) is 0 Å². The van der Waals surface area contributed by atoms with Crippen LogP contribution in [0.15, 0.2) is 5.11 Å². The Morgan fingerprint density at radius 3 is 2.44 bits per heavy atom. The van der Waals surface area contributed by atoms with Gasteiger partial charge in [0.15, 0.2) is 18.7 Å². The molecule has 0 radical (unpaired) electrons.